The van der Waals surface area contributed by atoms with Crippen molar-refractivity contribution >= 4 is 0 Å². The lowest BCUT2D eigenvalue weighted by molar-refractivity contribution is 0.318. The molecule has 0 bridgehead atoms. The van der Waals surface area contributed by atoms with Crippen LogP contribution in [0.15, 0.2) is 0 Å². The average Bonchev–Trinajstić information content (AvgIpc) is 1.88. The van der Waals surface area contributed by atoms with Gasteiger partial charge in [-0.15, -0.1) is 0 Å². The largest absolute Gasteiger partial charge is 0.317 e. The van der Waals surface area contributed by atoms with Gasteiger partial charge < -0.3 is 5.32 Å². The van der Waals surface area contributed by atoms with Crippen LogP contribution in [0.1, 0.15) is 34.5 Å². The highest BCUT2D eigenvalue weighted by atomic mass is 14.9. The Morgan fingerprint density at radius 2 is 2.00 bits per heavy atom. The summed E-state index contributed by atoms with van der Waals surface area (Å²) in [7, 11) is 0. The summed E-state index contributed by atoms with van der Waals surface area (Å²) in [6.45, 7) is 7.14. The summed E-state index contributed by atoms with van der Waals surface area (Å²) >= 11 is 0. The van der Waals surface area contributed by atoms with E-state index in [1.165, 1.54) is 32.4 Å². The Labute approximate surface area is 65.7 Å². The minimum absolute atomic E-state index is 0. The zero-order valence-corrected chi connectivity index (χ0v) is 7.19. The van der Waals surface area contributed by atoms with Crippen molar-refractivity contribution in [2.75, 3.05) is 13.1 Å². The second kappa shape index (κ2) is 3.97. The van der Waals surface area contributed by atoms with E-state index in [-0.39, 0.29) is 1.43 Å². The van der Waals surface area contributed by atoms with Crippen molar-refractivity contribution in [3.05, 3.63) is 0 Å². The lowest BCUT2D eigenvalue weighted by Gasteiger charge is -2.23. The zero-order valence-electron chi connectivity index (χ0n) is 7.19. The third-order valence-corrected chi connectivity index (χ3v) is 2.26. The molecule has 1 N–H and O–H groups in total. The van der Waals surface area contributed by atoms with E-state index < -0.39 is 0 Å². The molecule has 0 amide bonds. The molecule has 0 radical (unpaired) electrons. The van der Waals surface area contributed by atoms with E-state index in [4.69, 9.17) is 0 Å². The lowest BCUT2D eigenvalue weighted by atomic mass is 9.89. The van der Waals surface area contributed by atoms with Gasteiger partial charge in [0.1, 0.15) is 0 Å². The summed E-state index contributed by atoms with van der Waals surface area (Å²) in [5.41, 5.74) is 0. The molecule has 0 aromatic heterocycles. The van der Waals surface area contributed by atoms with Gasteiger partial charge in [0.25, 0.3) is 0 Å². The molecule has 0 unspecified atom stereocenters. The predicted octanol–water partition coefficient (Wildman–Crippen LogP) is 2.28. The molecule has 0 aromatic rings. The molecule has 10 heavy (non-hydrogen) atoms. The minimum Gasteiger partial charge on any atom is -0.317 e. The van der Waals surface area contributed by atoms with Crippen molar-refractivity contribution in [2.24, 2.45) is 11.8 Å². The Hall–Kier alpha value is -0.0400. The van der Waals surface area contributed by atoms with E-state index >= 15 is 0 Å². The van der Waals surface area contributed by atoms with Gasteiger partial charge in [0.05, 0.1) is 0 Å². The molecule has 0 spiro atoms. The highest BCUT2D eigenvalue weighted by molar-refractivity contribution is 4.69. The molecule has 1 rings (SSSR count). The maximum Gasteiger partial charge on any atom is 0 e. The molecule has 0 atom stereocenters. The van der Waals surface area contributed by atoms with Gasteiger partial charge in [-0.25, -0.2) is 0 Å². The molecule has 1 aliphatic heterocycles. The number of nitrogens with one attached hydrogen (secondary N) is 1. The summed E-state index contributed by atoms with van der Waals surface area (Å²) < 4.78 is 0. The van der Waals surface area contributed by atoms with Crippen LogP contribution in [-0.2, 0) is 0 Å². The first-order valence-electron chi connectivity index (χ1n) is 4.49. The molecular weight excluding hydrogens is 122 g/mol. The third-order valence-electron chi connectivity index (χ3n) is 2.26. The highest BCUT2D eigenvalue weighted by Crippen LogP contribution is 2.20. The smallest absolute Gasteiger partial charge is 0 e. The van der Waals surface area contributed by atoms with E-state index in [0.29, 0.717) is 0 Å². The summed E-state index contributed by atoms with van der Waals surface area (Å²) in [5, 5.41) is 3.39. The summed E-state index contributed by atoms with van der Waals surface area (Å²) in [6.07, 6.45) is 4.23. The van der Waals surface area contributed by atoms with Gasteiger partial charge in [-0.05, 0) is 44.2 Å². The molecule has 0 aromatic carbocycles. The van der Waals surface area contributed by atoms with E-state index in [9.17, 15) is 0 Å². The Morgan fingerprint density at radius 3 is 2.50 bits per heavy atom. The lowest BCUT2D eigenvalue weighted by Crippen LogP contribution is -2.28. The van der Waals surface area contributed by atoms with Gasteiger partial charge in [0.15, 0.2) is 0 Å². The Morgan fingerprint density at radius 1 is 1.40 bits per heavy atom. The standard InChI is InChI=1S/C9H19N.H2/c1-8(2)7-9-3-5-10-6-4-9;/h8-10H,3-7H2,1-2H3;1H. The van der Waals surface area contributed by atoms with E-state index in [0.717, 1.165) is 11.8 Å². The molecule has 1 saturated heterocycles. The molecule has 0 aliphatic carbocycles. The van der Waals surface area contributed by atoms with E-state index in [2.05, 4.69) is 19.2 Å². The van der Waals surface area contributed by atoms with Crippen LogP contribution in [0, 0.1) is 11.8 Å². The molecule has 1 nitrogen and oxygen atoms in total. The maximum atomic E-state index is 3.39. The van der Waals surface area contributed by atoms with Crippen LogP contribution in [0.2, 0.25) is 0 Å². The molecule has 1 heteroatoms. The average molecular weight is 143 g/mol. The van der Waals surface area contributed by atoms with Crippen molar-refractivity contribution in [1.29, 1.82) is 0 Å². The topological polar surface area (TPSA) is 12.0 Å². The number of hydrogen-bond acceptors (Lipinski definition) is 1. The first kappa shape index (κ1) is 8.06. The summed E-state index contributed by atoms with van der Waals surface area (Å²) in [6, 6.07) is 0. The highest BCUT2D eigenvalue weighted by Gasteiger charge is 2.13. The van der Waals surface area contributed by atoms with Gasteiger partial charge in [-0.2, -0.15) is 0 Å². The van der Waals surface area contributed by atoms with E-state index in [1.54, 1.807) is 0 Å². The van der Waals surface area contributed by atoms with Crippen molar-refractivity contribution in [3.63, 3.8) is 0 Å². The van der Waals surface area contributed by atoms with Crippen LogP contribution >= 0.6 is 0 Å². The van der Waals surface area contributed by atoms with E-state index in [1.807, 2.05) is 0 Å². The Kier molecular flexibility index (Phi) is 3.20. The molecular formula is C9H21N. The fourth-order valence-electron chi connectivity index (χ4n) is 1.78. The van der Waals surface area contributed by atoms with Gasteiger partial charge in [0, 0.05) is 1.43 Å². The molecule has 1 aliphatic rings. The van der Waals surface area contributed by atoms with Crippen LogP contribution < -0.4 is 5.32 Å². The Balaban J connectivity index is 0.000001000. The van der Waals surface area contributed by atoms with Crippen LogP contribution in [0.4, 0.5) is 0 Å². The van der Waals surface area contributed by atoms with Crippen LogP contribution in [0.25, 0.3) is 0 Å². The van der Waals surface area contributed by atoms with Crippen LogP contribution in [-0.4, -0.2) is 13.1 Å². The predicted molar refractivity (Wildman–Crippen MR) is 47.2 cm³/mol. The van der Waals surface area contributed by atoms with Crippen LogP contribution in [0.5, 0.6) is 0 Å². The van der Waals surface area contributed by atoms with Gasteiger partial charge >= 0.3 is 0 Å². The summed E-state index contributed by atoms with van der Waals surface area (Å²) in [4.78, 5) is 0. The molecule has 1 heterocycles. The zero-order chi connectivity index (χ0) is 7.40. The first-order valence-corrected chi connectivity index (χ1v) is 4.49. The normalized spacial score (nSPS) is 21.9. The van der Waals surface area contributed by atoms with Crippen molar-refractivity contribution in [2.45, 2.75) is 33.1 Å². The fourth-order valence-corrected chi connectivity index (χ4v) is 1.78. The van der Waals surface area contributed by atoms with Gasteiger partial charge in [0.2, 0.25) is 0 Å². The maximum absolute atomic E-state index is 3.39. The molecule has 62 valence electrons. The monoisotopic (exact) mass is 143 g/mol. The number of piperidine rings is 1. The first-order chi connectivity index (χ1) is 4.79. The third kappa shape index (κ3) is 2.70. The molecule has 1 fully saturated rings. The van der Waals surface area contributed by atoms with Gasteiger partial charge in [-0.1, -0.05) is 13.8 Å². The fraction of sp³-hybridized carbons (Fsp3) is 1.00. The SMILES string of the molecule is CC(C)CC1CCNCC1.[HH]. The Bertz CT molecular complexity index is 87.6. The van der Waals surface area contributed by atoms with Crippen molar-refractivity contribution in [3.8, 4) is 0 Å². The van der Waals surface area contributed by atoms with Crippen molar-refractivity contribution in [1.82, 2.24) is 5.32 Å². The molecule has 0 saturated carbocycles. The summed E-state index contributed by atoms with van der Waals surface area (Å²) in [5.74, 6) is 1.91. The minimum atomic E-state index is 0. The quantitative estimate of drug-likeness (QED) is 0.625. The van der Waals surface area contributed by atoms with Gasteiger partial charge in [-0.3, -0.25) is 0 Å². The number of rotatable bonds is 2. The second-order valence-electron chi connectivity index (χ2n) is 3.82. The van der Waals surface area contributed by atoms with Crippen molar-refractivity contribution < 1.29 is 1.43 Å². The van der Waals surface area contributed by atoms with Crippen LogP contribution in [0.3, 0.4) is 0 Å². The second-order valence-corrected chi connectivity index (χ2v) is 3.82. The number of hydrogen-bond donors (Lipinski definition) is 1.